The van der Waals surface area contributed by atoms with Gasteiger partial charge in [-0.2, -0.15) is 0 Å². The SMILES string of the molecule is COC(=O)C(C)CN(CCOCCO)C(=O)c1ccccc1F. The van der Waals surface area contributed by atoms with Gasteiger partial charge in [0.1, 0.15) is 5.82 Å². The van der Waals surface area contributed by atoms with Gasteiger partial charge in [0.2, 0.25) is 0 Å². The summed E-state index contributed by atoms with van der Waals surface area (Å²) in [6, 6.07) is 5.66. The summed E-state index contributed by atoms with van der Waals surface area (Å²) in [5, 5.41) is 8.69. The molecule has 1 unspecified atom stereocenters. The largest absolute Gasteiger partial charge is 0.469 e. The highest BCUT2D eigenvalue weighted by Crippen LogP contribution is 2.12. The first kappa shape index (κ1) is 19.1. The number of halogens is 1. The molecular formula is C16H22FNO5. The number of aliphatic hydroxyl groups excluding tert-OH is 1. The maximum atomic E-state index is 13.8. The number of carbonyl (C=O) groups is 2. The van der Waals surface area contributed by atoms with Crippen LogP contribution in [0.25, 0.3) is 0 Å². The standard InChI is InChI=1S/C16H22FNO5/c1-12(16(21)22-2)11-18(7-9-23-10-8-19)15(20)13-5-3-4-6-14(13)17/h3-6,12,19H,7-11H2,1-2H3. The number of aliphatic hydroxyl groups is 1. The van der Waals surface area contributed by atoms with Gasteiger partial charge in [-0.3, -0.25) is 9.59 Å². The third-order valence-electron chi connectivity index (χ3n) is 3.23. The van der Waals surface area contributed by atoms with Gasteiger partial charge in [-0.25, -0.2) is 4.39 Å². The summed E-state index contributed by atoms with van der Waals surface area (Å²) < 4.78 is 23.6. The number of amides is 1. The van der Waals surface area contributed by atoms with Gasteiger partial charge in [0.05, 0.1) is 38.4 Å². The van der Waals surface area contributed by atoms with Gasteiger partial charge in [0.25, 0.3) is 5.91 Å². The van der Waals surface area contributed by atoms with E-state index in [1.54, 1.807) is 13.0 Å². The second-order valence-electron chi connectivity index (χ2n) is 4.99. The predicted molar refractivity (Wildman–Crippen MR) is 81.4 cm³/mol. The maximum Gasteiger partial charge on any atom is 0.310 e. The number of benzene rings is 1. The first-order chi connectivity index (χ1) is 11.0. The Hall–Kier alpha value is -1.99. The third-order valence-corrected chi connectivity index (χ3v) is 3.23. The number of nitrogens with zero attached hydrogens (tertiary/aromatic N) is 1. The summed E-state index contributed by atoms with van der Waals surface area (Å²) in [6.45, 7) is 2.08. The Morgan fingerprint density at radius 1 is 1.30 bits per heavy atom. The average Bonchev–Trinajstić information content (AvgIpc) is 2.56. The topological polar surface area (TPSA) is 76.1 Å². The molecule has 1 N–H and O–H groups in total. The molecule has 128 valence electrons. The molecule has 1 aromatic rings. The first-order valence-electron chi connectivity index (χ1n) is 7.31. The highest BCUT2D eigenvalue weighted by atomic mass is 19.1. The fraction of sp³-hybridized carbons (Fsp3) is 0.500. The van der Waals surface area contributed by atoms with Gasteiger partial charge >= 0.3 is 5.97 Å². The zero-order valence-electron chi connectivity index (χ0n) is 13.3. The molecule has 0 radical (unpaired) electrons. The van der Waals surface area contributed by atoms with Crippen LogP contribution in [-0.4, -0.2) is 61.9 Å². The lowest BCUT2D eigenvalue weighted by Gasteiger charge is -2.25. The predicted octanol–water partition coefficient (Wildman–Crippen LogP) is 1.09. The van der Waals surface area contributed by atoms with Crippen LogP contribution >= 0.6 is 0 Å². The van der Waals surface area contributed by atoms with E-state index >= 15 is 0 Å². The van der Waals surface area contributed by atoms with Crippen molar-refractivity contribution in [3.63, 3.8) is 0 Å². The van der Waals surface area contributed by atoms with Gasteiger partial charge in [-0.15, -0.1) is 0 Å². The molecule has 7 heteroatoms. The lowest BCUT2D eigenvalue weighted by molar-refractivity contribution is -0.145. The summed E-state index contributed by atoms with van der Waals surface area (Å²) in [5.74, 6) is -2.14. The van der Waals surface area contributed by atoms with E-state index in [0.29, 0.717) is 0 Å². The Morgan fingerprint density at radius 2 is 2.00 bits per heavy atom. The number of rotatable bonds is 9. The van der Waals surface area contributed by atoms with Crippen molar-refractivity contribution in [1.29, 1.82) is 0 Å². The molecule has 1 amide bonds. The van der Waals surface area contributed by atoms with Crippen LogP contribution in [0.5, 0.6) is 0 Å². The molecule has 0 heterocycles. The summed E-state index contributed by atoms with van der Waals surface area (Å²) in [7, 11) is 1.27. The van der Waals surface area contributed by atoms with E-state index < -0.39 is 23.6 Å². The average molecular weight is 327 g/mol. The van der Waals surface area contributed by atoms with Crippen molar-refractivity contribution < 1.29 is 28.6 Å². The van der Waals surface area contributed by atoms with E-state index in [1.807, 2.05) is 0 Å². The van der Waals surface area contributed by atoms with Crippen molar-refractivity contribution in [3.8, 4) is 0 Å². The fourth-order valence-corrected chi connectivity index (χ4v) is 2.03. The van der Waals surface area contributed by atoms with Crippen molar-refractivity contribution in [2.75, 3.05) is 40.0 Å². The van der Waals surface area contributed by atoms with Crippen molar-refractivity contribution in [2.45, 2.75) is 6.92 Å². The molecule has 23 heavy (non-hydrogen) atoms. The molecule has 0 bridgehead atoms. The number of methoxy groups -OCH3 is 1. The zero-order chi connectivity index (χ0) is 17.2. The van der Waals surface area contributed by atoms with E-state index in [0.717, 1.165) is 0 Å². The van der Waals surface area contributed by atoms with Crippen LogP contribution in [0.2, 0.25) is 0 Å². The van der Waals surface area contributed by atoms with Crippen molar-refractivity contribution in [2.24, 2.45) is 5.92 Å². The minimum absolute atomic E-state index is 0.0632. The molecular weight excluding hydrogens is 305 g/mol. The van der Waals surface area contributed by atoms with E-state index in [4.69, 9.17) is 9.84 Å². The van der Waals surface area contributed by atoms with Gasteiger partial charge in [-0.1, -0.05) is 19.1 Å². The molecule has 1 rings (SSSR count). The van der Waals surface area contributed by atoms with Crippen LogP contribution < -0.4 is 0 Å². The van der Waals surface area contributed by atoms with Crippen LogP contribution in [-0.2, 0) is 14.3 Å². The first-order valence-corrected chi connectivity index (χ1v) is 7.31. The van der Waals surface area contributed by atoms with Crippen molar-refractivity contribution >= 4 is 11.9 Å². The maximum absolute atomic E-state index is 13.8. The van der Waals surface area contributed by atoms with Gasteiger partial charge < -0.3 is 19.5 Å². The van der Waals surface area contributed by atoms with Crippen molar-refractivity contribution in [3.05, 3.63) is 35.6 Å². The monoisotopic (exact) mass is 327 g/mol. The van der Waals surface area contributed by atoms with Gasteiger partial charge in [0, 0.05) is 13.1 Å². The molecule has 0 saturated carbocycles. The molecule has 0 aliphatic heterocycles. The molecule has 0 aliphatic rings. The second kappa shape index (κ2) is 9.91. The van der Waals surface area contributed by atoms with Gasteiger partial charge in [0.15, 0.2) is 0 Å². The van der Waals surface area contributed by atoms with Gasteiger partial charge in [-0.05, 0) is 12.1 Å². The Balaban J connectivity index is 2.82. The van der Waals surface area contributed by atoms with Crippen LogP contribution in [0.1, 0.15) is 17.3 Å². The summed E-state index contributed by atoms with van der Waals surface area (Å²) >= 11 is 0. The zero-order valence-corrected chi connectivity index (χ0v) is 13.3. The van der Waals surface area contributed by atoms with E-state index in [9.17, 15) is 14.0 Å². The number of esters is 1. The van der Waals surface area contributed by atoms with Crippen LogP contribution in [0.4, 0.5) is 4.39 Å². The fourth-order valence-electron chi connectivity index (χ4n) is 2.03. The molecule has 0 aliphatic carbocycles. The number of hydrogen-bond acceptors (Lipinski definition) is 5. The summed E-state index contributed by atoms with van der Waals surface area (Å²) in [4.78, 5) is 25.4. The van der Waals surface area contributed by atoms with Crippen LogP contribution in [0.15, 0.2) is 24.3 Å². The molecule has 0 saturated heterocycles. The minimum atomic E-state index is -0.621. The Bertz CT molecular complexity index is 523. The quantitative estimate of drug-likeness (QED) is 0.543. The second-order valence-corrected chi connectivity index (χ2v) is 4.99. The number of hydrogen-bond donors (Lipinski definition) is 1. The molecule has 1 aromatic carbocycles. The molecule has 1 atom stereocenters. The number of ether oxygens (including phenoxy) is 2. The number of carbonyl (C=O) groups excluding carboxylic acids is 2. The highest BCUT2D eigenvalue weighted by Gasteiger charge is 2.24. The lowest BCUT2D eigenvalue weighted by atomic mass is 10.1. The normalized spacial score (nSPS) is 11.8. The summed E-state index contributed by atoms with van der Waals surface area (Å²) in [6.07, 6.45) is 0. The van der Waals surface area contributed by atoms with E-state index in [1.165, 1.54) is 30.2 Å². The van der Waals surface area contributed by atoms with Crippen LogP contribution in [0.3, 0.4) is 0 Å². The Labute approximate surface area is 134 Å². The summed E-state index contributed by atoms with van der Waals surface area (Å²) in [5.41, 5.74) is -0.0632. The van der Waals surface area contributed by atoms with Crippen LogP contribution in [0, 0.1) is 11.7 Å². The third kappa shape index (κ3) is 5.96. The van der Waals surface area contributed by atoms with Crippen molar-refractivity contribution in [1.82, 2.24) is 4.90 Å². The molecule has 0 fully saturated rings. The highest BCUT2D eigenvalue weighted by molar-refractivity contribution is 5.94. The van der Waals surface area contributed by atoms with E-state index in [-0.39, 0.29) is 38.5 Å². The molecule has 6 nitrogen and oxygen atoms in total. The van der Waals surface area contributed by atoms with E-state index in [2.05, 4.69) is 4.74 Å². The Kier molecular flexibility index (Phi) is 8.21. The lowest BCUT2D eigenvalue weighted by Crippen LogP contribution is -2.39. The molecule has 0 aromatic heterocycles. The Morgan fingerprint density at radius 3 is 2.61 bits per heavy atom. The smallest absolute Gasteiger partial charge is 0.310 e. The minimum Gasteiger partial charge on any atom is -0.469 e. The molecule has 0 spiro atoms.